The average molecular weight is 425 g/mol. The standard InChI is InChI=1S/C21H20FN5O2S/c1-13-10-14-6-7-18(20(22)17(14)11-13)26-19-8-9-24-21(27-19)25-15-4-3-5-16(12-15)30(28,29)23-2/h3-9,11-12,23H,10H2,1-2H3,(H2,24,25,26,27). The van der Waals surface area contributed by atoms with E-state index in [2.05, 4.69) is 25.3 Å². The van der Waals surface area contributed by atoms with Gasteiger partial charge in [0.05, 0.1) is 10.6 Å². The van der Waals surface area contributed by atoms with Crippen LogP contribution in [0.15, 0.2) is 59.1 Å². The highest BCUT2D eigenvalue weighted by Gasteiger charge is 2.17. The number of anilines is 4. The Morgan fingerprint density at radius 3 is 2.73 bits per heavy atom. The molecule has 0 saturated heterocycles. The van der Waals surface area contributed by atoms with Gasteiger partial charge in [-0.15, -0.1) is 0 Å². The quantitative estimate of drug-likeness (QED) is 0.553. The summed E-state index contributed by atoms with van der Waals surface area (Å²) >= 11 is 0. The van der Waals surface area contributed by atoms with Crippen molar-refractivity contribution in [2.75, 3.05) is 17.7 Å². The van der Waals surface area contributed by atoms with Gasteiger partial charge in [-0.3, -0.25) is 0 Å². The summed E-state index contributed by atoms with van der Waals surface area (Å²) in [6, 6.07) is 11.5. The van der Waals surface area contributed by atoms with Gasteiger partial charge in [0.25, 0.3) is 0 Å². The van der Waals surface area contributed by atoms with Gasteiger partial charge in [-0.25, -0.2) is 22.5 Å². The number of fused-ring (bicyclic) bond motifs is 1. The molecule has 7 nitrogen and oxygen atoms in total. The van der Waals surface area contributed by atoms with E-state index in [9.17, 15) is 12.8 Å². The molecule has 0 fully saturated rings. The van der Waals surface area contributed by atoms with Crippen LogP contribution in [0.25, 0.3) is 6.08 Å². The van der Waals surface area contributed by atoms with Gasteiger partial charge in [0.1, 0.15) is 5.82 Å². The van der Waals surface area contributed by atoms with E-state index < -0.39 is 10.0 Å². The van der Waals surface area contributed by atoms with Gasteiger partial charge in [0.15, 0.2) is 5.82 Å². The summed E-state index contributed by atoms with van der Waals surface area (Å²) in [5, 5.41) is 5.96. The predicted molar refractivity (Wildman–Crippen MR) is 115 cm³/mol. The van der Waals surface area contributed by atoms with Crippen LogP contribution in [0.3, 0.4) is 0 Å². The maximum Gasteiger partial charge on any atom is 0.240 e. The van der Waals surface area contributed by atoms with Crippen LogP contribution >= 0.6 is 0 Å². The molecule has 1 heterocycles. The summed E-state index contributed by atoms with van der Waals surface area (Å²) in [5.74, 6) is 0.336. The maximum absolute atomic E-state index is 14.8. The molecule has 0 unspecified atom stereocenters. The highest BCUT2D eigenvalue weighted by molar-refractivity contribution is 7.89. The molecular weight excluding hydrogens is 405 g/mol. The fraction of sp³-hybridized carbons (Fsp3) is 0.143. The normalized spacial score (nSPS) is 13.0. The van der Waals surface area contributed by atoms with Crippen LogP contribution in [-0.4, -0.2) is 25.4 Å². The number of rotatable bonds is 6. The second-order valence-electron chi connectivity index (χ2n) is 6.92. The van der Waals surface area contributed by atoms with E-state index in [1.807, 2.05) is 19.1 Å². The van der Waals surface area contributed by atoms with Crippen molar-refractivity contribution in [3.8, 4) is 0 Å². The van der Waals surface area contributed by atoms with Crippen molar-refractivity contribution < 1.29 is 12.8 Å². The minimum Gasteiger partial charge on any atom is -0.338 e. The van der Waals surface area contributed by atoms with Gasteiger partial charge in [-0.05, 0) is 56.3 Å². The van der Waals surface area contributed by atoms with Gasteiger partial charge >= 0.3 is 0 Å². The van der Waals surface area contributed by atoms with Gasteiger partial charge < -0.3 is 10.6 Å². The second-order valence-corrected chi connectivity index (χ2v) is 8.80. The molecule has 1 aromatic heterocycles. The second kappa shape index (κ2) is 7.85. The third-order valence-corrected chi connectivity index (χ3v) is 6.13. The van der Waals surface area contributed by atoms with Crippen molar-refractivity contribution in [1.82, 2.24) is 14.7 Å². The van der Waals surface area contributed by atoms with Crippen molar-refractivity contribution in [1.29, 1.82) is 0 Å². The predicted octanol–water partition coefficient (Wildman–Crippen LogP) is 3.97. The van der Waals surface area contributed by atoms with Crippen molar-refractivity contribution in [3.63, 3.8) is 0 Å². The van der Waals surface area contributed by atoms with Crippen molar-refractivity contribution >= 4 is 39.2 Å². The van der Waals surface area contributed by atoms with Crippen LogP contribution in [0.2, 0.25) is 0 Å². The third kappa shape index (κ3) is 4.03. The van der Waals surface area contributed by atoms with Crippen molar-refractivity contribution in [2.24, 2.45) is 0 Å². The van der Waals surface area contributed by atoms with Crippen molar-refractivity contribution in [3.05, 3.63) is 71.2 Å². The lowest BCUT2D eigenvalue weighted by Gasteiger charge is -2.11. The molecule has 3 N–H and O–H groups in total. The zero-order valence-electron chi connectivity index (χ0n) is 16.4. The summed E-state index contributed by atoms with van der Waals surface area (Å²) < 4.78 is 41.1. The molecule has 0 spiro atoms. The topological polar surface area (TPSA) is 96.0 Å². The molecule has 30 heavy (non-hydrogen) atoms. The highest BCUT2D eigenvalue weighted by Crippen LogP contribution is 2.32. The maximum atomic E-state index is 14.8. The van der Waals surface area contributed by atoms with E-state index in [0.717, 1.165) is 17.6 Å². The Balaban J connectivity index is 1.56. The average Bonchev–Trinajstić information content (AvgIpc) is 3.12. The molecule has 4 rings (SSSR count). The van der Waals surface area contributed by atoms with E-state index in [1.165, 1.54) is 25.4 Å². The number of allylic oxidation sites excluding steroid dienone is 1. The number of sulfonamides is 1. The third-order valence-electron chi connectivity index (χ3n) is 4.72. The number of hydrogen-bond acceptors (Lipinski definition) is 6. The first kappa shape index (κ1) is 20.0. The van der Waals surface area contributed by atoms with Gasteiger partial charge in [-0.1, -0.05) is 23.8 Å². The molecular formula is C21H20FN5O2S. The highest BCUT2D eigenvalue weighted by atomic mass is 32.2. The molecule has 2 aromatic carbocycles. The molecule has 0 radical (unpaired) electrons. The van der Waals surface area contributed by atoms with E-state index in [-0.39, 0.29) is 16.7 Å². The molecule has 1 aliphatic rings. The van der Waals surface area contributed by atoms with Crippen LogP contribution in [0.5, 0.6) is 0 Å². The summed E-state index contributed by atoms with van der Waals surface area (Å²) in [6.07, 6.45) is 4.15. The molecule has 0 bridgehead atoms. The lowest BCUT2D eigenvalue weighted by molar-refractivity contribution is 0.588. The molecule has 0 amide bonds. The van der Waals surface area contributed by atoms with E-state index >= 15 is 0 Å². The lowest BCUT2D eigenvalue weighted by atomic mass is 10.1. The summed E-state index contributed by atoms with van der Waals surface area (Å²) in [5.41, 5.74) is 3.53. The Hall–Kier alpha value is -3.30. The number of benzene rings is 2. The van der Waals surface area contributed by atoms with Gasteiger partial charge in [0.2, 0.25) is 16.0 Å². The molecule has 0 saturated carbocycles. The number of nitrogens with zero attached hydrogens (tertiary/aromatic N) is 2. The molecule has 3 aromatic rings. The first-order chi connectivity index (χ1) is 14.4. The molecule has 0 aliphatic heterocycles. The summed E-state index contributed by atoms with van der Waals surface area (Å²) in [7, 11) is -2.22. The smallest absolute Gasteiger partial charge is 0.240 e. The van der Waals surface area contributed by atoms with E-state index in [1.54, 1.807) is 24.3 Å². The Labute approximate surface area is 174 Å². The largest absolute Gasteiger partial charge is 0.338 e. The Kier molecular flexibility index (Phi) is 5.23. The Morgan fingerprint density at radius 2 is 1.93 bits per heavy atom. The minimum absolute atomic E-state index is 0.118. The SMILES string of the molecule is CNS(=O)(=O)c1cccc(Nc2nccc(Nc3ccc4c(c3F)C=C(C)C4)n2)c1. The van der Waals surface area contributed by atoms with Crippen LogP contribution in [0, 0.1) is 5.82 Å². The fourth-order valence-corrected chi connectivity index (χ4v) is 4.03. The van der Waals surface area contributed by atoms with Crippen LogP contribution in [-0.2, 0) is 16.4 Å². The summed E-state index contributed by atoms with van der Waals surface area (Å²) in [6.45, 7) is 1.98. The van der Waals surface area contributed by atoms with E-state index in [4.69, 9.17) is 0 Å². The zero-order chi connectivity index (χ0) is 21.3. The zero-order valence-corrected chi connectivity index (χ0v) is 17.2. The number of aromatic nitrogens is 2. The van der Waals surface area contributed by atoms with Gasteiger partial charge in [0, 0.05) is 17.4 Å². The molecule has 0 atom stereocenters. The molecule has 154 valence electrons. The van der Waals surface area contributed by atoms with Crippen LogP contribution in [0.4, 0.5) is 27.5 Å². The number of halogens is 1. The first-order valence-electron chi connectivity index (χ1n) is 9.25. The fourth-order valence-electron chi connectivity index (χ4n) is 3.25. The number of hydrogen-bond donors (Lipinski definition) is 3. The minimum atomic E-state index is -3.57. The van der Waals surface area contributed by atoms with Crippen molar-refractivity contribution in [2.45, 2.75) is 18.2 Å². The molecule has 9 heteroatoms. The van der Waals surface area contributed by atoms with Crippen LogP contribution in [0.1, 0.15) is 18.1 Å². The van der Waals surface area contributed by atoms with E-state index in [0.29, 0.717) is 22.8 Å². The van der Waals surface area contributed by atoms with Gasteiger partial charge in [-0.2, -0.15) is 4.98 Å². The Bertz CT molecular complexity index is 1260. The number of nitrogens with one attached hydrogen (secondary N) is 3. The monoisotopic (exact) mass is 425 g/mol. The lowest BCUT2D eigenvalue weighted by Crippen LogP contribution is -2.18. The summed E-state index contributed by atoms with van der Waals surface area (Å²) in [4.78, 5) is 8.61. The first-order valence-corrected chi connectivity index (χ1v) is 10.7. The van der Waals surface area contributed by atoms with Crippen LogP contribution < -0.4 is 15.4 Å². The molecule has 1 aliphatic carbocycles. The Morgan fingerprint density at radius 1 is 1.10 bits per heavy atom.